The van der Waals surface area contributed by atoms with Gasteiger partial charge in [-0.05, 0) is 44.4 Å². The van der Waals surface area contributed by atoms with Crippen molar-refractivity contribution in [1.29, 1.82) is 0 Å². The average molecular weight is 329 g/mol. The number of hydrogen-bond donors (Lipinski definition) is 2. The lowest BCUT2D eigenvalue weighted by molar-refractivity contribution is 0.186. The third-order valence-corrected chi connectivity index (χ3v) is 3.89. The minimum Gasteiger partial charge on any atom is -0.396 e. The number of benzene rings is 1. The first-order valence-corrected chi connectivity index (χ1v) is 7.70. The highest BCUT2D eigenvalue weighted by atomic mass is 79.9. The van der Waals surface area contributed by atoms with E-state index >= 15 is 0 Å². The van der Waals surface area contributed by atoms with Crippen LogP contribution >= 0.6 is 15.9 Å². The summed E-state index contributed by atoms with van der Waals surface area (Å²) in [5.41, 5.74) is 7.41. The smallest absolute Gasteiger partial charge is 0.0443 e. The van der Waals surface area contributed by atoms with Crippen LogP contribution in [0.5, 0.6) is 0 Å². The number of hydrogen-bond acceptors (Lipinski definition) is 3. The Morgan fingerprint density at radius 3 is 2.37 bits per heavy atom. The van der Waals surface area contributed by atoms with Gasteiger partial charge in [0.25, 0.3) is 0 Å². The normalized spacial score (nSPS) is 13.2. The van der Waals surface area contributed by atoms with Crippen LogP contribution in [-0.4, -0.2) is 35.7 Å². The zero-order valence-electron chi connectivity index (χ0n) is 11.8. The van der Waals surface area contributed by atoms with E-state index in [1.165, 1.54) is 5.56 Å². The summed E-state index contributed by atoms with van der Waals surface area (Å²) in [5, 5.41) is 8.92. The summed E-state index contributed by atoms with van der Waals surface area (Å²) in [6.45, 7) is 6.52. The van der Waals surface area contributed by atoms with Gasteiger partial charge in [-0.2, -0.15) is 0 Å². The quantitative estimate of drug-likeness (QED) is 0.771. The highest BCUT2D eigenvalue weighted by molar-refractivity contribution is 9.10. The Kier molecular flexibility index (Phi) is 7.61. The molecular formula is C15H25BrN2O. The van der Waals surface area contributed by atoms with Gasteiger partial charge in [-0.1, -0.05) is 28.1 Å². The maximum atomic E-state index is 8.92. The van der Waals surface area contributed by atoms with Crippen molar-refractivity contribution < 1.29 is 5.11 Å². The van der Waals surface area contributed by atoms with E-state index < -0.39 is 0 Å². The first-order chi connectivity index (χ1) is 9.04. The van der Waals surface area contributed by atoms with E-state index in [-0.39, 0.29) is 12.6 Å². The molecule has 1 aromatic carbocycles. The maximum absolute atomic E-state index is 8.92. The van der Waals surface area contributed by atoms with Gasteiger partial charge in [0.1, 0.15) is 0 Å². The van der Waals surface area contributed by atoms with E-state index in [0.717, 1.165) is 30.4 Å². The molecule has 0 bridgehead atoms. The van der Waals surface area contributed by atoms with Crippen LogP contribution in [0.4, 0.5) is 0 Å². The van der Waals surface area contributed by atoms with Crippen LogP contribution in [0.2, 0.25) is 0 Å². The van der Waals surface area contributed by atoms with Crippen molar-refractivity contribution in [3.8, 4) is 0 Å². The zero-order valence-corrected chi connectivity index (χ0v) is 13.4. The topological polar surface area (TPSA) is 49.5 Å². The van der Waals surface area contributed by atoms with E-state index in [9.17, 15) is 0 Å². The molecule has 1 aromatic rings. The lowest BCUT2D eigenvalue weighted by Crippen LogP contribution is -2.34. The standard InChI is InChI=1S/C15H25BrN2O/c1-12(2)18(9-3-11-19)10-8-15(17)13-4-6-14(16)7-5-13/h4-7,12,15,19H,3,8-11,17H2,1-2H3. The predicted molar refractivity (Wildman–Crippen MR) is 84.1 cm³/mol. The van der Waals surface area contributed by atoms with Gasteiger partial charge in [0.05, 0.1) is 0 Å². The summed E-state index contributed by atoms with van der Waals surface area (Å²) < 4.78 is 1.08. The summed E-state index contributed by atoms with van der Waals surface area (Å²) in [5.74, 6) is 0. The van der Waals surface area contributed by atoms with Crippen LogP contribution in [0.3, 0.4) is 0 Å². The Morgan fingerprint density at radius 2 is 1.84 bits per heavy atom. The van der Waals surface area contributed by atoms with Crippen molar-refractivity contribution in [1.82, 2.24) is 4.90 Å². The van der Waals surface area contributed by atoms with Crippen LogP contribution in [0.1, 0.15) is 38.3 Å². The summed E-state index contributed by atoms with van der Waals surface area (Å²) >= 11 is 3.43. The average Bonchev–Trinajstić information content (AvgIpc) is 2.39. The lowest BCUT2D eigenvalue weighted by Gasteiger charge is -2.27. The van der Waals surface area contributed by atoms with E-state index in [1.54, 1.807) is 0 Å². The van der Waals surface area contributed by atoms with Gasteiger partial charge in [0, 0.05) is 36.3 Å². The second kappa shape index (κ2) is 8.69. The van der Waals surface area contributed by atoms with Crippen LogP contribution < -0.4 is 5.73 Å². The van der Waals surface area contributed by atoms with Crippen LogP contribution in [0, 0.1) is 0 Å². The maximum Gasteiger partial charge on any atom is 0.0443 e. The van der Waals surface area contributed by atoms with Crippen molar-refractivity contribution in [2.24, 2.45) is 5.73 Å². The van der Waals surface area contributed by atoms with Gasteiger partial charge in [-0.25, -0.2) is 0 Å². The number of aliphatic hydroxyl groups is 1. The van der Waals surface area contributed by atoms with Crippen molar-refractivity contribution in [2.45, 2.75) is 38.8 Å². The van der Waals surface area contributed by atoms with Gasteiger partial charge in [-0.15, -0.1) is 0 Å². The molecule has 4 heteroatoms. The molecule has 0 saturated heterocycles. The van der Waals surface area contributed by atoms with Crippen LogP contribution in [-0.2, 0) is 0 Å². The van der Waals surface area contributed by atoms with E-state index in [1.807, 2.05) is 12.1 Å². The first-order valence-electron chi connectivity index (χ1n) is 6.90. The number of halogens is 1. The number of aliphatic hydroxyl groups excluding tert-OH is 1. The summed E-state index contributed by atoms with van der Waals surface area (Å²) in [6, 6.07) is 8.76. The van der Waals surface area contributed by atoms with Crippen molar-refractivity contribution >= 4 is 15.9 Å². The SMILES string of the molecule is CC(C)N(CCCO)CCC(N)c1ccc(Br)cc1. The summed E-state index contributed by atoms with van der Waals surface area (Å²) in [6.07, 6.45) is 1.76. The van der Waals surface area contributed by atoms with Gasteiger partial charge in [-0.3, -0.25) is 0 Å². The van der Waals surface area contributed by atoms with Gasteiger partial charge in [0.15, 0.2) is 0 Å². The van der Waals surface area contributed by atoms with E-state index in [2.05, 4.69) is 46.8 Å². The summed E-state index contributed by atoms with van der Waals surface area (Å²) in [7, 11) is 0. The van der Waals surface area contributed by atoms with E-state index in [4.69, 9.17) is 10.8 Å². The molecule has 19 heavy (non-hydrogen) atoms. The molecule has 0 aliphatic rings. The summed E-state index contributed by atoms with van der Waals surface area (Å²) in [4.78, 5) is 2.37. The lowest BCUT2D eigenvalue weighted by atomic mass is 10.0. The molecule has 3 nitrogen and oxygen atoms in total. The molecule has 0 aromatic heterocycles. The fourth-order valence-corrected chi connectivity index (χ4v) is 2.35. The second-order valence-electron chi connectivity index (χ2n) is 5.15. The molecular weight excluding hydrogens is 304 g/mol. The molecule has 0 heterocycles. The van der Waals surface area contributed by atoms with Gasteiger partial charge >= 0.3 is 0 Å². The highest BCUT2D eigenvalue weighted by Crippen LogP contribution is 2.18. The Balaban J connectivity index is 2.46. The molecule has 1 atom stereocenters. The molecule has 0 aliphatic carbocycles. The third-order valence-electron chi connectivity index (χ3n) is 3.36. The molecule has 0 amide bonds. The molecule has 0 radical (unpaired) electrons. The minimum absolute atomic E-state index is 0.0727. The Hall–Kier alpha value is -0.420. The number of nitrogens with zero attached hydrogens (tertiary/aromatic N) is 1. The molecule has 3 N–H and O–H groups in total. The first kappa shape index (κ1) is 16.6. The molecule has 1 rings (SSSR count). The molecule has 0 saturated carbocycles. The van der Waals surface area contributed by atoms with Crippen LogP contribution in [0.15, 0.2) is 28.7 Å². The zero-order chi connectivity index (χ0) is 14.3. The second-order valence-corrected chi connectivity index (χ2v) is 6.07. The monoisotopic (exact) mass is 328 g/mol. The minimum atomic E-state index is 0.0727. The fourth-order valence-electron chi connectivity index (χ4n) is 2.08. The number of nitrogens with two attached hydrogens (primary N) is 1. The molecule has 0 aliphatic heterocycles. The van der Waals surface area contributed by atoms with Gasteiger partial charge in [0.2, 0.25) is 0 Å². The van der Waals surface area contributed by atoms with Crippen molar-refractivity contribution in [3.05, 3.63) is 34.3 Å². The molecule has 0 spiro atoms. The van der Waals surface area contributed by atoms with Crippen LogP contribution in [0.25, 0.3) is 0 Å². The third kappa shape index (κ3) is 6.04. The van der Waals surface area contributed by atoms with Crippen molar-refractivity contribution in [2.75, 3.05) is 19.7 Å². The number of rotatable bonds is 8. The Morgan fingerprint density at radius 1 is 1.21 bits per heavy atom. The molecule has 1 unspecified atom stereocenters. The predicted octanol–water partition coefficient (Wildman–Crippen LogP) is 2.93. The van der Waals surface area contributed by atoms with E-state index in [0.29, 0.717) is 6.04 Å². The fraction of sp³-hybridized carbons (Fsp3) is 0.600. The molecule has 108 valence electrons. The van der Waals surface area contributed by atoms with Gasteiger partial charge < -0.3 is 15.7 Å². The largest absolute Gasteiger partial charge is 0.396 e. The highest BCUT2D eigenvalue weighted by Gasteiger charge is 2.12. The van der Waals surface area contributed by atoms with Crippen molar-refractivity contribution in [3.63, 3.8) is 0 Å². The molecule has 0 fully saturated rings. The Labute approximate surface area is 124 Å². The Bertz CT molecular complexity index is 354.